The SMILES string of the molecule is COc1ccc(C)cc1N(CC(=O)N(Cc1c(Cl)cccc1Cl)[C@H](Cc1ccccc1)C(=O)NC1CCCCC1)S(=O)(=O)c1ccc(C)cc1. The van der Waals surface area contributed by atoms with Gasteiger partial charge in [0.15, 0.2) is 0 Å². The fourth-order valence-electron chi connectivity index (χ4n) is 6.30. The monoisotopic (exact) mass is 735 g/mol. The third-order valence-electron chi connectivity index (χ3n) is 9.10. The highest BCUT2D eigenvalue weighted by atomic mass is 35.5. The summed E-state index contributed by atoms with van der Waals surface area (Å²) < 4.78 is 35.6. The molecule has 0 saturated heterocycles. The van der Waals surface area contributed by atoms with E-state index in [-0.39, 0.29) is 41.2 Å². The number of hydrogen-bond acceptors (Lipinski definition) is 5. The smallest absolute Gasteiger partial charge is 0.264 e. The molecule has 0 bridgehead atoms. The average molecular weight is 737 g/mol. The minimum atomic E-state index is -4.31. The number of carbonyl (C=O) groups excluding carboxylic acids is 2. The van der Waals surface area contributed by atoms with Crippen molar-refractivity contribution < 1.29 is 22.7 Å². The molecular weight excluding hydrogens is 693 g/mol. The Balaban J connectivity index is 1.63. The van der Waals surface area contributed by atoms with Gasteiger partial charge in [-0.05, 0) is 74.2 Å². The van der Waals surface area contributed by atoms with Gasteiger partial charge in [0.05, 0.1) is 17.7 Å². The molecule has 11 heteroatoms. The van der Waals surface area contributed by atoms with E-state index in [0.717, 1.165) is 53.1 Å². The van der Waals surface area contributed by atoms with Gasteiger partial charge in [0.1, 0.15) is 18.3 Å². The lowest BCUT2D eigenvalue weighted by Gasteiger charge is -2.35. The van der Waals surface area contributed by atoms with Crippen molar-refractivity contribution in [2.75, 3.05) is 18.0 Å². The molecule has 1 saturated carbocycles. The number of ether oxygens (including phenoxy) is 1. The van der Waals surface area contributed by atoms with Crippen LogP contribution in [0.3, 0.4) is 0 Å². The molecule has 1 aliphatic rings. The average Bonchev–Trinajstić information content (AvgIpc) is 3.10. The highest BCUT2D eigenvalue weighted by Crippen LogP contribution is 2.34. The van der Waals surface area contributed by atoms with Crippen LogP contribution in [-0.2, 0) is 32.6 Å². The van der Waals surface area contributed by atoms with Crippen molar-refractivity contribution in [1.82, 2.24) is 10.2 Å². The van der Waals surface area contributed by atoms with E-state index in [0.29, 0.717) is 15.6 Å². The van der Waals surface area contributed by atoms with Crippen LogP contribution in [0.15, 0.2) is 95.9 Å². The van der Waals surface area contributed by atoms with Gasteiger partial charge in [-0.3, -0.25) is 13.9 Å². The Morgan fingerprint density at radius 1 is 0.860 bits per heavy atom. The lowest BCUT2D eigenvalue weighted by atomic mass is 9.94. The number of anilines is 1. The Morgan fingerprint density at radius 3 is 2.14 bits per heavy atom. The molecule has 2 amide bonds. The Bertz CT molecular complexity index is 1880. The number of halogens is 2. The van der Waals surface area contributed by atoms with Crippen LogP contribution in [0.1, 0.15) is 54.4 Å². The summed E-state index contributed by atoms with van der Waals surface area (Å²) in [6.07, 6.45) is 5.02. The molecule has 4 aromatic carbocycles. The molecular formula is C39H43Cl2N3O5S. The molecule has 0 unspecified atom stereocenters. The molecule has 1 aliphatic carbocycles. The normalized spacial score (nSPS) is 14.1. The summed E-state index contributed by atoms with van der Waals surface area (Å²) in [7, 11) is -2.86. The summed E-state index contributed by atoms with van der Waals surface area (Å²) in [5, 5.41) is 3.86. The van der Waals surface area contributed by atoms with Crippen LogP contribution in [0.25, 0.3) is 0 Å². The van der Waals surface area contributed by atoms with E-state index in [1.807, 2.05) is 44.2 Å². The number of rotatable bonds is 13. The van der Waals surface area contributed by atoms with Gasteiger partial charge in [-0.25, -0.2) is 8.42 Å². The summed E-state index contributed by atoms with van der Waals surface area (Å²) in [6, 6.07) is 25.0. The zero-order chi connectivity index (χ0) is 35.8. The van der Waals surface area contributed by atoms with Gasteiger partial charge in [-0.15, -0.1) is 0 Å². The van der Waals surface area contributed by atoms with Crippen LogP contribution in [0.2, 0.25) is 10.0 Å². The molecule has 8 nitrogen and oxygen atoms in total. The number of nitrogens with one attached hydrogen (secondary N) is 1. The van der Waals surface area contributed by atoms with Gasteiger partial charge in [-0.1, -0.05) is 103 Å². The zero-order valence-corrected chi connectivity index (χ0v) is 30.9. The second-order valence-electron chi connectivity index (χ2n) is 12.8. The van der Waals surface area contributed by atoms with Gasteiger partial charge in [0, 0.05) is 34.6 Å². The van der Waals surface area contributed by atoms with Gasteiger partial charge in [-0.2, -0.15) is 0 Å². The first kappa shape index (κ1) is 37.2. The summed E-state index contributed by atoms with van der Waals surface area (Å²) >= 11 is 13.3. The van der Waals surface area contributed by atoms with E-state index in [1.165, 1.54) is 24.1 Å². The van der Waals surface area contributed by atoms with Gasteiger partial charge in [0.2, 0.25) is 11.8 Å². The zero-order valence-electron chi connectivity index (χ0n) is 28.6. The number of nitrogens with zero attached hydrogens (tertiary/aromatic N) is 2. The summed E-state index contributed by atoms with van der Waals surface area (Å²) in [6.45, 7) is 2.94. The first-order chi connectivity index (χ1) is 24.0. The fraction of sp³-hybridized carbons (Fsp3) is 0.333. The van der Waals surface area contributed by atoms with E-state index in [9.17, 15) is 18.0 Å². The van der Waals surface area contributed by atoms with E-state index in [2.05, 4.69) is 5.32 Å². The van der Waals surface area contributed by atoms with Crippen molar-refractivity contribution in [2.24, 2.45) is 0 Å². The number of methoxy groups -OCH3 is 1. The van der Waals surface area contributed by atoms with Crippen molar-refractivity contribution in [1.29, 1.82) is 0 Å². The van der Waals surface area contributed by atoms with E-state index in [1.54, 1.807) is 48.5 Å². The largest absolute Gasteiger partial charge is 0.495 e. The first-order valence-corrected chi connectivity index (χ1v) is 19.0. The molecule has 1 atom stereocenters. The first-order valence-electron chi connectivity index (χ1n) is 16.8. The molecule has 0 radical (unpaired) electrons. The minimum absolute atomic E-state index is 0.0102. The third-order valence-corrected chi connectivity index (χ3v) is 11.6. The number of amides is 2. The third kappa shape index (κ3) is 8.99. The predicted octanol–water partition coefficient (Wildman–Crippen LogP) is 7.90. The number of benzene rings is 4. The minimum Gasteiger partial charge on any atom is -0.495 e. The van der Waals surface area contributed by atoms with Crippen LogP contribution in [0.5, 0.6) is 5.75 Å². The topological polar surface area (TPSA) is 96.0 Å². The Hall–Kier alpha value is -4.05. The highest BCUT2D eigenvalue weighted by molar-refractivity contribution is 7.92. The Morgan fingerprint density at radius 2 is 1.50 bits per heavy atom. The molecule has 5 rings (SSSR count). The molecule has 0 aromatic heterocycles. The summed E-state index contributed by atoms with van der Waals surface area (Å²) in [4.78, 5) is 30.7. The quantitative estimate of drug-likeness (QED) is 0.151. The fourth-order valence-corrected chi connectivity index (χ4v) is 8.23. The van der Waals surface area contributed by atoms with Crippen molar-refractivity contribution >= 4 is 50.7 Å². The lowest BCUT2D eigenvalue weighted by molar-refractivity contribution is -0.140. The second kappa shape index (κ2) is 16.8. The molecule has 0 aliphatic heterocycles. The molecule has 1 N–H and O–H groups in total. The Kier molecular flexibility index (Phi) is 12.5. The van der Waals surface area contributed by atoms with E-state index < -0.39 is 28.5 Å². The van der Waals surface area contributed by atoms with Crippen LogP contribution < -0.4 is 14.4 Å². The molecule has 50 heavy (non-hydrogen) atoms. The number of sulfonamides is 1. The lowest BCUT2D eigenvalue weighted by Crippen LogP contribution is -2.55. The van der Waals surface area contributed by atoms with Crippen molar-refractivity contribution in [3.63, 3.8) is 0 Å². The van der Waals surface area contributed by atoms with Gasteiger partial charge in [0.25, 0.3) is 10.0 Å². The van der Waals surface area contributed by atoms with Crippen LogP contribution in [-0.4, -0.2) is 50.9 Å². The molecule has 0 heterocycles. The number of aryl methyl sites for hydroxylation is 2. The molecule has 4 aromatic rings. The highest BCUT2D eigenvalue weighted by Gasteiger charge is 2.37. The van der Waals surface area contributed by atoms with Crippen LogP contribution >= 0.6 is 23.2 Å². The predicted molar refractivity (Wildman–Crippen MR) is 199 cm³/mol. The van der Waals surface area contributed by atoms with Crippen molar-refractivity contribution in [3.05, 3.63) is 123 Å². The molecule has 264 valence electrons. The molecule has 0 spiro atoms. The van der Waals surface area contributed by atoms with E-state index >= 15 is 0 Å². The second-order valence-corrected chi connectivity index (χ2v) is 15.4. The summed E-state index contributed by atoms with van der Waals surface area (Å²) in [5.74, 6) is -0.658. The van der Waals surface area contributed by atoms with Gasteiger partial charge < -0.3 is 15.0 Å². The molecule has 1 fully saturated rings. The van der Waals surface area contributed by atoms with Crippen LogP contribution in [0, 0.1) is 13.8 Å². The van der Waals surface area contributed by atoms with Crippen LogP contribution in [0.4, 0.5) is 5.69 Å². The number of carbonyl (C=O) groups is 2. The van der Waals surface area contributed by atoms with Crippen molar-refractivity contribution in [2.45, 2.75) is 75.9 Å². The maximum absolute atomic E-state index is 14.9. The van der Waals surface area contributed by atoms with Gasteiger partial charge >= 0.3 is 0 Å². The summed E-state index contributed by atoms with van der Waals surface area (Å²) in [5.41, 5.74) is 3.14. The van der Waals surface area contributed by atoms with E-state index in [4.69, 9.17) is 27.9 Å². The Labute approximate surface area is 305 Å². The maximum Gasteiger partial charge on any atom is 0.264 e. The van der Waals surface area contributed by atoms with Crippen molar-refractivity contribution in [3.8, 4) is 5.75 Å². The maximum atomic E-state index is 14.9. The number of hydrogen-bond donors (Lipinski definition) is 1. The standard InChI is InChI=1S/C39H43Cl2N3O5S/c1-27-17-20-31(21-18-27)50(47,48)44(35-23-28(2)19-22-37(35)49-3)26-38(45)43(25-32-33(40)15-10-16-34(32)41)36(24-29-11-6-4-7-12-29)39(46)42-30-13-8-5-9-14-30/h4,6-7,10-12,15-23,30,36H,5,8-9,13-14,24-26H2,1-3H3,(H,42,46)/t36-/m1/s1.